The van der Waals surface area contributed by atoms with Gasteiger partial charge in [0.15, 0.2) is 0 Å². The molecule has 12 heteroatoms. The molecule has 45 heavy (non-hydrogen) atoms. The molecule has 0 radical (unpaired) electrons. The van der Waals surface area contributed by atoms with Crippen LogP contribution in [0, 0.1) is 12.8 Å². The number of nitrogens with zero attached hydrogens (tertiary/aromatic N) is 4. The minimum absolute atomic E-state index is 0.0222. The number of ether oxygens (including phenoxy) is 2. The van der Waals surface area contributed by atoms with Crippen molar-refractivity contribution in [1.82, 2.24) is 14.8 Å². The number of rotatable bonds is 5. The Morgan fingerprint density at radius 1 is 1.00 bits per heavy atom. The van der Waals surface area contributed by atoms with Gasteiger partial charge in [-0.1, -0.05) is 6.07 Å². The Hall–Kier alpha value is -3.54. The zero-order valence-corrected chi connectivity index (χ0v) is 26.6. The van der Waals surface area contributed by atoms with E-state index in [9.17, 15) is 22.8 Å². The third-order valence-electron chi connectivity index (χ3n) is 8.55. The fourth-order valence-corrected chi connectivity index (χ4v) is 6.29. The molecule has 1 aromatic carbocycles. The zero-order chi connectivity index (χ0) is 32.4. The molecule has 3 aliphatic rings. The van der Waals surface area contributed by atoms with E-state index in [4.69, 9.17) is 14.5 Å². The number of morpholine rings is 1. The third kappa shape index (κ3) is 8.80. The minimum Gasteiger partial charge on any atom is -0.444 e. The van der Waals surface area contributed by atoms with E-state index in [2.05, 4.69) is 22.3 Å². The van der Waals surface area contributed by atoms with Gasteiger partial charge in [0.25, 0.3) is 0 Å². The molecular formula is C33H44F3N5O4. The number of piperidine rings is 1. The summed E-state index contributed by atoms with van der Waals surface area (Å²) in [5.41, 5.74) is 3.74. The van der Waals surface area contributed by atoms with Crippen LogP contribution in [0.5, 0.6) is 0 Å². The predicted octanol–water partition coefficient (Wildman–Crippen LogP) is 6.81. The van der Waals surface area contributed by atoms with Gasteiger partial charge < -0.3 is 29.5 Å². The molecule has 3 amide bonds. The highest BCUT2D eigenvalue weighted by Crippen LogP contribution is 2.35. The number of likely N-dealkylation sites (tertiary alicyclic amines) is 2. The number of aromatic nitrogens is 1. The van der Waals surface area contributed by atoms with Gasteiger partial charge in [-0.25, -0.2) is 14.6 Å². The van der Waals surface area contributed by atoms with Crippen LogP contribution in [0.25, 0.3) is 11.1 Å². The first-order chi connectivity index (χ1) is 21.2. The van der Waals surface area contributed by atoms with Crippen molar-refractivity contribution in [2.75, 3.05) is 62.7 Å². The molecule has 3 saturated heterocycles. The summed E-state index contributed by atoms with van der Waals surface area (Å²) in [6.07, 6.45) is -3.38. The second-order valence-corrected chi connectivity index (χ2v) is 13.4. The first kappa shape index (κ1) is 32.8. The van der Waals surface area contributed by atoms with Crippen molar-refractivity contribution in [3.63, 3.8) is 0 Å². The molecule has 3 fully saturated rings. The quantitative estimate of drug-likeness (QED) is 0.390. The summed E-state index contributed by atoms with van der Waals surface area (Å²) in [7, 11) is 0. The van der Waals surface area contributed by atoms with E-state index in [0.29, 0.717) is 58.0 Å². The Balaban J connectivity index is 1.39. The van der Waals surface area contributed by atoms with Crippen LogP contribution in [0.3, 0.4) is 0 Å². The number of benzene rings is 1. The van der Waals surface area contributed by atoms with Gasteiger partial charge in [0, 0.05) is 63.0 Å². The maximum Gasteiger partial charge on any atom is 0.410 e. The van der Waals surface area contributed by atoms with Crippen molar-refractivity contribution in [2.24, 2.45) is 5.92 Å². The normalized spacial score (nSPS) is 21.2. The number of anilines is 2. The molecule has 0 bridgehead atoms. The molecule has 0 saturated carbocycles. The van der Waals surface area contributed by atoms with Crippen LogP contribution in [-0.2, 0) is 9.47 Å². The molecule has 0 aliphatic carbocycles. The molecule has 0 spiro atoms. The van der Waals surface area contributed by atoms with Gasteiger partial charge in [-0.15, -0.1) is 0 Å². The highest BCUT2D eigenvalue weighted by Gasteiger charge is 2.36. The monoisotopic (exact) mass is 631 g/mol. The number of pyridine rings is 1. The average Bonchev–Trinajstić information content (AvgIpc) is 3.45. The van der Waals surface area contributed by atoms with Crippen LogP contribution >= 0.6 is 0 Å². The average molecular weight is 632 g/mol. The van der Waals surface area contributed by atoms with Gasteiger partial charge >= 0.3 is 18.3 Å². The van der Waals surface area contributed by atoms with Crippen LogP contribution < -0.4 is 10.2 Å². The number of nitrogens with one attached hydrogen (secondary N) is 1. The Morgan fingerprint density at radius 2 is 1.76 bits per heavy atom. The Kier molecular flexibility index (Phi) is 9.81. The van der Waals surface area contributed by atoms with Crippen LogP contribution in [-0.4, -0.2) is 91.2 Å². The number of alkyl halides is 3. The lowest BCUT2D eigenvalue weighted by molar-refractivity contribution is -0.143. The lowest BCUT2D eigenvalue weighted by atomic mass is 9.91. The Labute approximate surface area is 263 Å². The van der Waals surface area contributed by atoms with Crippen molar-refractivity contribution >= 4 is 23.6 Å². The van der Waals surface area contributed by atoms with Crippen LogP contribution in [0.15, 0.2) is 30.3 Å². The highest BCUT2D eigenvalue weighted by molar-refractivity contribution is 5.90. The number of aryl methyl sites for hydroxylation is 1. The summed E-state index contributed by atoms with van der Waals surface area (Å²) >= 11 is 0. The maximum absolute atomic E-state index is 13.0. The smallest absolute Gasteiger partial charge is 0.410 e. The first-order valence-electron chi connectivity index (χ1n) is 15.8. The van der Waals surface area contributed by atoms with E-state index >= 15 is 0 Å². The Morgan fingerprint density at radius 3 is 2.47 bits per heavy atom. The van der Waals surface area contributed by atoms with E-state index in [-0.39, 0.29) is 18.6 Å². The fraction of sp³-hybridized carbons (Fsp3) is 0.606. The molecule has 246 valence electrons. The standard InChI is InChI=1S/C33H44F3N5O4/c1-22-7-8-26(37-30(42)40-11-9-23(20-40)19-33(34,35)36)18-27(22)25-16-28(38-29(17-25)39-12-14-44-15-13-39)24-6-5-10-41(21-24)31(43)45-32(2,3)4/h7-8,16-18,23-24H,5-6,9-15,19-21H2,1-4H3,(H,37,42)/t23-,24?/m0/s1. The van der Waals surface area contributed by atoms with E-state index in [1.165, 1.54) is 4.90 Å². The summed E-state index contributed by atoms with van der Waals surface area (Å²) in [5.74, 6) is 0.278. The van der Waals surface area contributed by atoms with Crippen LogP contribution in [0.4, 0.5) is 34.3 Å². The molecule has 2 aromatic rings. The van der Waals surface area contributed by atoms with Gasteiger partial charge in [0.2, 0.25) is 0 Å². The predicted molar refractivity (Wildman–Crippen MR) is 167 cm³/mol. The van der Waals surface area contributed by atoms with E-state index < -0.39 is 30.1 Å². The van der Waals surface area contributed by atoms with E-state index in [1.807, 2.05) is 45.9 Å². The number of hydrogen-bond acceptors (Lipinski definition) is 6. The number of amides is 3. The largest absolute Gasteiger partial charge is 0.444 e. The van der Waals surface area contributed by atoms with Gasteiger partial charge in [-0.3, -0.25) is 0 Å². The van der Waals surface area contributed by atoms with Crippen molar-refractivity contribution in [1.29, 1.82) is 0 Å². The van der Waals surface area contributed by atoms with Gasteiger partial charge in [-0.2, -0.15) is 13.2 Å². The fourth-order valence-electron chi connectivity index (χ4n) is 6.29. The molecule has 1 aromatic heterocycles. The number of hydrogen-bond donors (Lipinski definition) is 1. The zero-order valence-electron chi connectivity index (χ0n) is 26.6. The topological polar surface area (TPSA) is 87.2 Å². The SMILES string of the molecule is Cc1ccc(NC(=O)N2CC[C@@H](CC(F)(F)F)C2)cc1-c1cc(C2CCCN(C(=O)OC(C)(C)C)C2)nc(N2CCOCC2)c1. The molecule has 9 nitrogen and oxygen atoms in total. The lowest BCUT2D eigenvalue weighted by Crippen LogP contribution is -2.42. The van der Waals surface area contributed by atoms with Crippen molar-refractivity contribution in [3.05, 3.63) is 41.6 Å². The van der Waals surface area contributed by atoms with Gasteiger partial charge in [-0.05, 0) is 93.8 Å². The van der Waals surface area contributed by atoms with Crippen LogP contribution in [0.1, 0.15) is 63.6 Å². The highest BCUT2D eigenvalue weighted by atomic mass is 19.4. The molecular weight excluding hydrogens is 587 g/mol. The summed E-state index contributed by atoms with van der Waals surface area (Å²) in [6.45, 7) is 11.8. The molecule has 2 atom stereocenters. The molecule has 5 rings (SSSR count). The van der Waals surface area contributed by atoms with Crippen molar-refractivity contribution in [3.8, 4) is 11.1 Å². The van der Waals surface area contributed by atoms with Gasteiger partial charge in [0.05, 0.1) is 13.2 Å². The lowest BCUT2D eigenvalue weighted by Gasteiger charge is -2.35. The van der Waals surface area contributed by atoms with E-state index in [1.54, 1.807) is 4.90 Å². The summed E-state index contributed by atoms with van der Waals surface area (Å²) in [4.78, 5) is 36.4. The molecule has 3 aliphatic heterocycles. The van der Waals surface area contributed by atoms with Crippen molar-refractivity contribution < 1.29 is 32.2 Å². The van der Waals surface area contributed by atoms with Crippen LogP contribution in [0.2, 0.25) is 0 Å². The Bertz CT molecular complexity index is 1370. The summed E-state index contributed by atoms with van der Waals surface area (Å²) in [5, 5.41) is 2.90. The summed E-state index contributed by atoms with van der Waals surface area (Å²) in [6, 6.07) is 9.38. The second-order valence-electron chi connectivity index (χ2n) is 13.4. The number of carbonyl (C=O) groups is 2. The van der Waals surface area contributed by atoms with Gasteiger partial charge in [0.1, 0.15) is 11.4 Å². The summed E-state index contributed by atoms with van der Waals surface area (Å²) < 4.78 is 49.9. The third-order valence-corrected chi connectivity index (χ3v) is 8.55. The second kappa shape index (κ2) is 13.4. The first-order valence-corrected chi connectivity index (χ1v) is 15.8. The minimum atomic E-state index is -4.24. The maximum atomic E-state index is 13.0. The number of carbonyl (C=O) groups excluding carboxylic acids is 2. The molecule has 1 unspecified atom stereocenters. The molecule has 4 heterocycles. The number of urea groups is 1. The van der Waals surface area contributed by atoms with E-state index in [0.717, 1.165) is 41.0 Å². The van der Waals surface area contributed by atoms with Crippen molar-refractivity contribution in [2.45, 2.75) is 71.1 Å². The molecule has 1 N–H and O–H groups in total. The number of halogens is 3.